The van der Waals surface area contributed by atoms with Gasteiger partial charge in [-0.25, -0.2) is 0 Å². The maximum Gasteiger partial charge on any atom is 0.135 e. The van der Waals surface area contributed by atoms with E-state index in [1.54, 1.807) is 0 Å². The molecule has 0 fully saturated rings. The lowest BCUT2D eigenvalue weighted by Gasteiger charge is -2.29. The average molecular weight is 936 g/mol. The molecule has 0 radical (unpaired) electrons. The number of para-hydroxylation sites is 2. The normalized spacial score (nSPS) is 13.1. The summed E-state index contributed by atoms with van der Waals surface area (Å²) in [6, 6.07) is 87.9. The topological polar surface area (TPSA) is 12.5 Å². The van der Waals surface area contributed by atoms with Crippen molar-refractivity contribution in [3.05, 3.63) is 248 Å². The molecule has 12 aromatic carbocycles. The Balaban J connectivity index is 1.10. The first-order valence-electron chi connectivity index (χ1n) is 24.9. The number of anilines is 3. The second-order valence-electron chi connectivity index (χ2n) is 19.9. The van der Waals surface area contributed by atoms with Crippen molar-refractivity contribution in [3.8, 4) is 44.9 Å². The van der Waals surface area contributed by atoms with E-state index in [0.29, 0.717) is 0 Å². The molecule has 0 saturated heterocycles. The van der Waals surface area contributed by atoms with E-state index >= 15 is 0 Å². The van der Waals surface area contributed by atoms with Crippen LogP contribution in [-0.2, 0) is 5.41 Å². The van der Waals surface area contributed by atoms with Crippen LogP contribution in [0.2, 0.25) is 0 Å². The minimum atomic E-state index is -0.189. The molecule has 338 valence electrons. The molecule has 0 N–H and O–H groups in total. The summed E-state index contributed by atoms with van der Waals surface area (Å²) in [7, 11) is 0. The third kappa shape index (κ3) is 6.01. The maximum absolute atomic E-state index is 6.71. The number of thiophene rings is 1. The van der Waals surface area contributed by atoms with Gasteiger partial charge in [-0.05, 0) is 148 Å². The van der Waals surface area contributed by atoms with Crippen LogP contribution in [0.3, 0.4) is 0 Å². The predicted octanol–water partition coefficient (Wildman–Crippen LogP) is 20.2. The number of hydrogen-bond donors (Lipinski definition) is 0. The second kappa shape index (κ2) is 15.6. The Morgan fingerprint density at radius 3 is 1.46 bits per heavy atom. The van der Waals surface area contributed by atoms with Crippen molar-refractivity contribution in [2.24, 2.45) is 0 Å². The number of hydrogen-bond acceptors (Lipinski definition) is 3. The van der Waals surface area contributed by atoms with Gasteiger partial charge in [-0.1, -0.05) is 190 Å². The molecule has 0 saturated carbocycles. The first-order valence-corrected chi connectivity index (χ1v) is 25.7. The maximum atomic E-state index is 6.71. The minimum Gasteiger partial charge on any atom is -0.456 e. The summed E-state index contributed by atoms with van der Waals surface area (Å²) in [5.74, 6) is 1.71. The summed E-state index contributed by atoms with van der Waals surface area (Å²) in [5, 5.41) is 14.8. The van der Waals surface area contributed by atoms with Crippen LogP contribution in [0.25, 0.3) is 107 Å². The Labute approximate surface area is 421 Å². The second-order valence-corrected chi connectivity index (χ2v) is 21.0. The number of rotatable bonds is 3. The van der Waals surface area contributed by atoms with Crippen LogP contribution in [-0.4, -0.2) is 0 Å². The van der Waals surface area contributed by atoms with Crippen LogP contribution in [0.1, 0.15) is 25.0 Å². The molecule has 72 heavy (non-hydrogen) atoms. The fraction of sp³-hybridized carbons (Fsp3) is 0.0435. The molecule has 1 aromatic heterocycles. The first-order chi connectivity index (χ1) is 35.5. The van der Waals surface area contributed by atoms with Gasteiger partial charge in [0.1, 0.15) is 11.5 Å². The van der Waals surface area contributed by atoms with Crippen molar-refractivity contribution in [1.82, 2.24) is 0 Å². The molecule has 0 bridgehead atoms. The van der Waals surface area contributed by atoms with Gasteiger partial charge in [0.15, 0.2) is 0 Å². The standard InChI is InChI=1S/C69H45NOS/c1-69(2)61-27-13-9-22-52(61)53-36-33-44(41-62(53)69)70(42-32-35-51-54-23-10-14-28-63(54)71-64-29-15-11-24-55(64)59(51)39-42)43-31-34-50-48-20-6-4-18-46(48)45-17-3-5-19-47(45)49-21-7-8-25-56(49)67-57(60(50)40-43)37-38-66-68(67)58-26-12-16-30-65(58)72-66/h3-41H,1-2H3. The molecule has 0 atom stereocenters. The van der Waals surface area contributed by atoms with Gasteiger partial charge < -0.3 is 9.64 Å². The van der Waals surface area contributed by atoms with Crippen LogP contribution in [0, 0.1) is 0 Å². The number of ether oxygens (including phenoxy) is 1. The van der Waals surface area contributed by atoms with Crippen LogP contribution in [0.5, 0.6) is 11.5 Å². The first kappa shape index (κ1) is 41.1. The number of nitrogens with zero attached hydrogens (tertiary/aromatic N) is 1. The summed E-state index contributed by atoms with van der Waals surface area (Å²) in [4.78, 5) is 2.49. The van der Waals surface area contributed by atoms with Crippen molar-refractivity contribution in [1.29, 1.82) is 0 Å². The summed E-state index contributed by atoms with van der Waals surface area (Å²) in [6.45, 7) is 4.75. The highest BCUT2D eigenvalue weighted by Crippen LogP contribution is 2.53. The van der Waals surface area contributed by atoms with Gasteiger partial charge >= 0.3 is 0 Å². The van der Waals surface area contributed by atoms with Gasteiger partial charge in [0.25, 0.3) is 0 Å². The van der Waals surface area contributed by atoms with E-state index in [0.717, 1.165) is 50.8 Å². The molecule has 15 rings (SSSR count). The Morgan fingerprint density at radius 1 is 0.306 bits per heavy atom. The van der Waals surface area contributed by atoms with E-state index in [9.17, 15) is 0 Å². The van der Waals surface area contributed by atoms with Gasteiger partial charge in [0.2, 0.25) is 0 Å². The Bertz CT molecular complexity index is 4540. The smallest absolute Gasteiger partial charge is 0.135 e. The van der Waals surface area contributed by atoms with E-state index in [1.165, 1.54) is 96.3 Å². The molecule has 13 aromatic rings. The van der Waals surface area contributed by atoms with E-state index in [2.05, 4.69) is 255 Å². The quantitative estimate of drug-likeness (QED) is 0.175. The highest BCUT2D eigenvalue weighted by atomic mass is 32.1. The van der Waals surface area contributed by atoms with E-state index < -0.39 is 0 Å². The largest absolute Gasteiger partial charge is 0.456 e. The van der Waals surface area contributed by atoms with Crippen molar-refractivity contribution < 1.29 is 4.74 Å². The van der Waals surface area contributed by atoms with Gasteiger partial charge in [-0.15, -0.1) is 11.3 Å². The van der Waals surface area contributed by atoms with Crippen molar-refractivity contribution in [3.63, 3.8) is 0 Å². The van der Waals surface area contributed by atoms with Gasteiger partial charge in [-0.2, -0.15) is 0 Å². The lowest BCUT2D eigenvalue weighted by Crippen LogP contribution is -2.16. The van der Waals surface area contributed by atoms with E-state index in [1.807, 2.05) is 11.3 Å². The molecule has 1 aliphatic carbocycles. The van der Waals surface area contributed by atoms with Gasteiger partial charge in [0, 0.05) is 53.8 Å². The molecule has 2 heterocycles. The molecule has 2 aliphatic rings. The van der Waals surface area contributed by atoms with Crippen LogP contribution < -0.4 is 9.64 Å². The number of benzene rings is 11. The lowest BCUT2D eigenvalue weighted by atomic mass is 9.82. The highest BCUT2D eigenvalue weighted by molar-refractivity contribution is 7.26. The number of fused-ring (bicyclic) bond motifs is 22. The van der Waals surface area contributed by atoms with Crippen LogP contribution >= 0.6 is 11.3 Å². The fourth-order valence-electron chi connectivity index (χ4n) is 12.4. The zero-order valence-corrected chi connectivity index (χ0v) is 40.6. The molecule has 0 amide bonds. The predicted molar refractivity (Wildman–Crippen MR) is 308 cm³/mol. The van der Waals surface area contributed by atoms with Gasteiger partial charge in [0.05, 0.1) is 0 Å². The zero-order chi connectivity index (χ0) is 47.7. The summed E-state index contributed by atoms with van der Waals surface area (Å²) in [6.07, 6.45) is 0. The molecule has 0 spiro atoms. The lowest BCUT2D eigenvalue weighted by molar-refractivity contribution is 0.488. The third-order valence-corrected chi connectivity index (χ3v) is 16.8. The van der Waals surface area contributed by atoms with Crippen molar-refractivity contribution >= 4 is 102 Å². The average Bonchev–Trinajstić information content (AvgIpc) is 3.87. The highest BCUT2D eigenvalue weighted by Gasteiger charge is 2.36. The molecule has 1 aliphatic heterocycles. The zero-order valence-electron chi connectivity index (χ0n) is 39.8. The Morgan fingerprint density at radius 2 is 0.764 bits per heavy atom. The monoisotopic (exact) mass is 935 g/mol. The molecular weight excluding hydrogens is 891 g/mol. The van der Waals surface area contributed by atoms with Crippen LogP contribution in [0.4, 0.5) is 17.1 Å². The van der Waals surface area contributed by atoms with E-state index in [-0.39, 0.29) is 5.41 Å². The Hall–Kier alpha value is -8.76. The molecule has 0 unspecified atom stereocenters. The molecular formula is C69H45NOS. The summed E-state index contributed by atoms with van der Waals surface area (Å²) >= 11 is 1.88. The van der Waals surface area contributed by atoms with Crippen molar-refractivity contribution in [2.75, 3.05) is 4.90 Å². The SMILES string of the molecule is CC1(C)c2ccccc2-c2ccc(N(c3ccc4c(c3)-c3ccccc3Oc3ccccc3-4)c3ccc4c5ccccc5c5ccccc5c5ccccc5c5c(ccc6sc7ccccc7c65)c4c3)cc21. The molecule has 2 nitrogen and oxygen atoms in total. The Kier molecular flexibility index (Phi) is 8.91. The van der Waals surface area contributed by atoms with Crippen LogP contribution in [0.15, 0.2) is 237 Å². The third-order valence-electron chi connectivity index (χ3n) is 15.7. The fourth-order valence-corrected chi connectivity index (χ4v) is 13.5. The van der Waals surface area contributed by atoms with Crippen molar-refractivity contribution in [2.45, 2.75) is 19.3 Å². The minimum absolute atomic E-state index is 0.189. The van der Waals surface area contributed by atoms with E-state index in [4.69, 9.17) is 4.74 Å². The van der Waals surface area contributed by atoms with Gasteiger partial charge in [-0.3, -0.25) is 0 Å². The molecule has 3 heteroatoms. The summed E-state index contributed by atoms with van der Waals surface area (Å²) in [5.41, 5.74) is 12.8. The summed E-state index contributed by atoms with van der Waals surface area (Å²) < 4.78 is 9.29.